The first kappa shape index (κ1) is 12.0. The third-order valence-electron chi connectivity index (χ3n) is 2.40. The molecule has 0 radical (unpaired) electrons. The summed E-state index contributed by atoms with van der Waals surface area (Å²) >= 11 is 5.78. The lowest BCUT2D eigenvalue weighted by molar-refractivity contribution is 0.290. The molecule has 4 nitrogen and oxygen atoms in total. The lowest BCUT2D eigenvalue weighted by Gasteiger charge is -2.11. The first-order valence-corrected chi connectivity index (χ1v) is 5.65. The van der Waals surface area contributed by atoms with E-state index in [0.717, 1.165) is 11.3 Å². The lowest BCUT2D eigenvalue weighted by Crippen LogP contribution is -2.18. The van der Waals surface area contributed by atoms with Gasteiger partial charge in [-0.2, -0.15) is 5.10 Å². The fraction of sp³-hybridized carbons (Fsp3) is 0.250. The average Bonchev–Trinajstić information content (AvgIpc) is 2.75. The molecule has 1 unspecified atom stereocenters. The Hall–Kier alpha value is -1.52. The van der Waals surface area contributed by atoms with Gasteiger partial charge < -0.3 is 10.5 Å². The molecule has 1 aromatic carbocycles. The Morgan fingerprint density at radius 3 is 2.71 bits per heavy atom. The van der Waals surface area contributed by atoms with Crippen molar-refractivity contribution >= 4 is 11.6 Å². The highest BCUT2D eigenvalue weighted by molar-refractivity contribution is 6.30. The molecule has 2 aromatic rings. The van der Waals surface area contributed by atoms with Crippen LogP contribution in [0.4, 0.5) is 0 Å². The predicted molar refractivity (Wildman–Crippen MR) is 67.1 cm³/mol. The van der Waals surface area contributed by atoms with Gasteiger partial charge in [-0.25, -0.2) is 0 Å². The van der Waals surface area contributed by atoms with Gasteiger partial charge in [0.1, 0.15) is 12.4 Å². The van der Waals surface area contributed by atoms with E-state index in [1.807, 2.05) is 25.4 Å². The molecule has 0 aliphatic rings. The molecule has 0 aliphatic carbocycles. The zero-order valence-electron chi connectivity index (χ0n) is 9.51. The average molecular weight is 252 g/mol. The van der Waals surface area contributed by atoms with Gasteiger partial charge in [-0.3, -0.25) is 4.68 Å². The molecule has 0 aliphatic heterocycles. The van der Waals surface area contributed by atoms with E-state index in [4.69, 9.17) is 22.1 Å². The van der Waals surface area contributed by atoms with Crippen molar-refractivity contribution in [1.29, 1.82) is 0 Å². The van der Waals surface area contributed by atoms with E-state index < -0.39 is 0 Å². The second-order valence-electron chi connectivity index (χ2n) is 3.82. The van der Waals surface area contributed by atoms with E-state index in [2.05, 4.69) is 5.10 Å². The fourth-order valence-electron chi connectivity index (χ4n) is 1.44. The monoisotopic (exact) mass is 251 g/mol. The molecular formula is C12H14ClN3O. The quantitative estimate of drug-likeness (QED) is 0.906. The number of rotatable bonds is 4. The van der Waals surface area contributed by atoms with Gasteiger partial charge in [0.2, 0.25) is 0 Å². The first-order valence-electron chi connectivity index (χ1n) is 5.27. The fourth-order valence-corrected chi connectivity index (χ4v) is 1.57. The van der Waals surface area contributed by atoms with Crippen LogP contribution in [-0.2, 0) is 7.05 Å². The molecule has 0 fully saturated rings. The van der Waals surface area contributed by atoms with Crippen LogP contribution in [-0.4, -0.2) is 16.4 Å². The van der Waals surface area contributed by atoms with Crippen LogP contribution in [0.25, 0.3) is 0 Å². The first-order chi connectivity index (χ1) is 8.15. The molecule has 0 saturated heterocycles. The molecule has 1 aromatic heterocycles. The minimum atomic E-state index is -0.181. The Bertz CT molecular complexity index is 481. The van der Waals surface area contributed by atoms with Gasteiger partial charge in [0.05, 0.1) is 12.2 Å². The molecule has 0 saturated carbocycles. The highest BCUT2D eigenvalue weighted by atomic mass is 35.5. The zero-order valence-corrected chi connectivity index (χ0v) is 10.3. The van der Waals surface area contributed by atoms with Crippen LogP contribution >= 0.6 is 11.6 Å². The Labute approximate surface area is 105 Å². The Kier molecular flexibility index (Phi) is 3.66. The summed E-state index contributed by atoms with van der Waals surface area (Å²) in [5, 5.41) is 4.76. The second kappa shape index (κ2) is 5.21. The number of nitrogens with zero attached hydrogens (tertiary/aromatic N) is 2. The van der Waals surface area contributed by atoms with Crippen molar-refractivity contribution in [3.63, 3.8) is 0 Å². The molecule has 2 N–H and O–H groups in total. The number of halogens is 1. The van der Waals surface area contributed by atoms with Gasteiger partial charge in [0, 0.05) is 23.8 Å². The van der Waals surface area contributed by atoms with Gasteiger partial charge in [0.25, 0.3) is 0 Å². The minimum absolute atomic E-state index is 0.181. The number of aryl methyl sites for hydroxylation is 1. The smallest absolute Gasteiger partial charge is 0.119 e. The summed E-state index contributed by atoms with van der Waals surface area (Å²) in [5.41, 5.74) is 6.94. The number of hydrogen-bond acceptors (Lipinski definition) is 3. The molecule has 0 amide bonds. The molecule has 0 spiro atoms. The Balaban J connectivity index is 1.92. The van der Waals surface area contributed by atoms with Crippen LogP contribution in [0.15, 0.2) is 36.7 Å². The van der Waals surface area contributed by atoms with Gasteiger partial charge in [0.15, 0.2) is 0 Å². The van der Waals surface area contributed by atoms with Crippen molar-refractivity contribution in [2.45, 2.75) is 6.04 Å². The summed E-state index contributed by atoms with van der Waals surface area (Å²) in [6.45, 7) is 0.410. The van der Waals surface area contributed by atoms with Crippen LogP contribution < -0.4 is 10.5 Å². The lowest BCUT2D eigenvalue weighted by atomic mass is 10.2. The second-order valence-corrected chi connectivity index (χ2v) is 4.26. The standard InChI is InChI=1S/C12H14ClN3O/c1-16-7-9(6-15-16)12(14)8-17-11-4-2-10(13)3-5-11/h2-7,12H,8,14H2,1H3. The SMILES string of the molecule is Cn1cc(C(N)COc2ccc(Cl)cc2)cn1. The summed E-state index contributed by atoms with van der Waals surface area (Å²) < 4.78 is 7.29. The number of aromatic nitrogens is 2. The van der Waals surface area contributed by atoms with E-state index in [1.165, 1.54) is 0 Å². The number of benzene rings is 1. The maximum atomic E-state index is 5.98. The summed E-state index contributed by atoms with van der Waals surface area (Å²) in [5.74, 6) is 0.758. The molecule has 2 rings (SSSR count). The molecule has 1 atom stereocenters. The van der Waals surface area contributed by atoms with Gasteiger partial charge in [-0.05, 0) is 24.3 Å². The van der Waals surface area contributed by atoms with Crippen molar-refractivity contribution in [3.8, 4) is 5.75 Å². The summed E-state index contributed by atoms with van der Waals surface area (Å²) in [6.07, 6.45) is 3.63. The number of hydrogen-bond donors (Lipinski definition) is 1. The van der Waals surface area contributed by atoms with E-state index in [-0.39, 0.29) is 6.04 Å². The summed E-state index contributed by atoms with van der Waals surface area (Å²) in [6, 6.07) is 7.02. The van der Waals surface area contributed by atoms with Crippen LogP contribution in [0.3, 0.4) is 0 Å². The van der Waals surface area contributed by atoms with Gasteiger partial charge >= 0.3 is 0 Å². The van der Waals surface area contributed by atoms with Crippen molar-refractivity contribution in [2.24, 2.45) is 12.8 Å². The van der Waals surface area contributed by atoms with Crippen LogP contribution in [0.2, 0.25) is 5.02 Å². The molecule has 1 heterocycles. The van der Waals surface area contributed by atoms with Gasteiger partial charge in [-0.1, -0.05) is 11.6 Å². The van der Waals surface area contributed by atoms with E-state index in [1.54, 1.807) is 23.0 Å². The summed E-state index contributed by atoms with van der Waals surface area (Å²) in [7, 11) is 1.86. The Morgan fingerprint density at radius 1 is 1.41 bits per heavy atom. The van der Waals surface area contributed by atoms with Crippen LogP contribution in [0, 0.1) is 0 Å². The van der Waals surface area contributed by atoms with E-state index >= 15 is 0 Å². The normalized spacial score (nSPS) is 12.4. The number of ether oxygens (including phenoxy) is 1. The maximum Gasteiger partial charge on any atom is 0.119 e. The molecular weight excluding hydrogens is 238 g/mol. The highest BCUT2D eigenvalue weighted by Gasteiger charge is 2.08. The number of nitrogens with two attached hydrogens (primary N) is 1. The summed E-state index contributed by atoms with van der Waals surface area (Å²) in [4.78, 5) is 0. The van der Waals surface area contributed by atoms with Gasteiger partial charge in [-0.15, -0.1) is 0 Å². The van der Waals surface area contributed by atoms with Crippen LogP contribution in [0.1, 0.15) is 11.6 Å². The van der Waals surface area contributed by atoms with E-state index in [0.29, 0.717) is 11.6 Å². The van der Waals surface area contributed by atoms with Crippen molar-refractivity contribution in [2.75, 3.05) is 6.61 Å². The Morgan fingerprint density at radius 2 is 2.12 bits per heavy atom. The zero-order chi connectivity index (χ0) is 12.3. The third-order valence-corrected chi connectivity index (χ3v) is 2.65. The minimum Gasteiger partial charge on any atom is -0.492 e. The molecule has 90 valence electrons. The largest absolute Gasteiger partial charge is 0.492 e. The topological polar surface area (TPSA) is 53.1 Å². The van der Waals surface area contributed by atoms with Crippen LogP contribution in [0.5, 0.6) is 5.75 Å². The van der Waals surface area contributed by atoms with Crippen molar-refractivity contribution < 1.29 is 4.74 Å². The van der Waals surface area contributed by atoms with Crippen molar-refractivity contribution in [1.82, 2.24) is 9.78 Å². The molecule has 0 bridgehead atoms. The van der Waals surface area contributed by atoms with Crippen molar-refractivity contribution in [3.05, 3.63) is 47.2 Å². The predicted octanol–water partition coefficient (Wildman–Crippen LogP) is 2.15. The third kappa shape index (κ3) is 3.22. The van der Waals surface area contributed by atoms with E-state index in [9.17, 15) is 0 Å². The molecule has 5 heteroatoms. The maximum absolute atomic E-state index is 5.98. The highest BCUT2D eigenvalue weighted by Crippen LogP contribution is 2.17. The molecule has 17 heavy (non-hydrogen) atoms.